The number of anilines is 2. The molecule has 2 amide bonds. The van der Waals surface area contributed by atoms with E-state index in [1.165, 1.54) is 11.3 Å². The summed E-state index contributed by atoms with van der Waals surface area (Å²) < 4.78 is 0. The SMILES string of the molecule is CCCc1nnc(NC(=O)Nc2ccccc2)s1. The van der Waals surface area contributed by atoms with E-state index in [9.17, 15) is 4.79 Å². The Balaban J connectivity index is 1.90. The monoisotopic (exact) mass is 262 g/mol. The average molecular weight is 262 g/mol. The Labute approximate surface area is 109 Å². The fraction of sp³-hybridized carbons (Fsp3) is 0.250. The second kappa shape index (κ2) is 6.11. The highest BCUT2D eigenvalue weighted by molar-refractivity contribution is 7.15. The molecule has 2 aromatic rings. The number of benzene rings is 1. The molecule has 0 aliphatic rings. The van der Waals surface area contributed by atoms with Crippen LogP contribution in [0.5, 0.6) is 0 Å². The molecule has 0 unspecified atom stereocenters. The molecule has 0 saturated heterocycles. The maximum atomic E-state index is 11.7. The quantitative estimate of drug-likeness (QED) is 0.889. The van der Waals surface area contributed by atoms with Gasteiger partial charge in [0.2, 0.25) is 5.13 Å². The standard InChI is InChI=1S/C12H14N4OS/c1-2-6-10-15-16-12(18-10)14-11(17)13-9-7-4-3-5-8-9/h3-5,7-8H,2,6H2,1H3,(H2,13,14,16,17). The number of urea groups is 1. The number of hydrogen-bond donors (Lipinski definition) is 2. The number of para-hydroxylation sites is 1. The fourth-order valence-electron chi connectivity index (χ4n) is 1.40. The van der Waals surface area contributed by atoms with E-state index in [-0.39, 0.29) is 6.03 Å². The van der Waals surface area contributed by atoms with E-state index >= 15 is 0 Å². The summed E-state index contributed by atoms with van der Waals surface area (Å²) in [6.07, 6.45) is 1.91. The first-order valence-electron chi connectivity index (χ1n) is 5.73. The number of rotatable bonds is 4. The lowest BCUT2D eigenvalue weighted by atomic mass is 10.3. The number of carbonyl (C=O) groups is 1. The largest absolute Gasteiger partial charge is 0.325 e. The van der Waals surface area contributed by atoms with Crippen molar-refractivity contribution < 1.29 is 4.79 Å². The van der Waals surface area contributed by atoms with Crippen LogP contribution in [-0.4, -0.2) is 16.2 Å². The lowest BCUT2D eigenvalue weighted by Gasteiger charge is -2.03. The first kappa shape index (κ1) is 12.5. The van der Waals surface area contributed by atoms with Crippen molar-refractivity contribution in [2.24, 2.45) is 0 Å². The Hall–Kier alpha value is -1.95. The molecule has 0 radical (unpaired) electrons. The van der Waals surface area contributed by atoms with E-state index in [4.69, 9.17) is 0 Å². The summed E-state index contributed by atoms with van der Waals surface area (Å²) in [5, 5.41) is 14.7. The molecule has 94 valence electrons. The topological polar surface area (TPSA) is 66.9 Å². The van der Waals surface area contributed by atoms with Crippen LogP contribution in [0.15, 0.2) is 30.3 Å². The summed E-state index contributed by atoms with van der Waals surface area (Å²) in [5.74, 6) is 0. The van der Waals surface area contributed by atoms with Gasteiger partial charge in [0.1, 0.15) is 5.01 Å². The lowest BCUT2D eigenvalue weighted by molar-refractivity contribution is 0.262. The number of aryl methyl sites for hydroxylation is 1. The third-order valence-corrected chi connectivity index (χ3v) is 3.08. The van der Waals surface area contributed by atoms with Crippen LogP contribution in [0.1, 0.15) is 18.4 Å². The molecule has 2 N–H and O–H groups in total. The molecule has 0 atom stereocenters. The van der Waals surface area contributed by atoms with Gasteiger partial charge in [0.05, 0.1) is 0 Å². The molecule has 1 aromatic carbocycles. The Morgan fingerprint density at radius 2 is 2.00 bits per heavy atom. The molecule has 5 nitrogen and oxygen atoms in total. The average Bonchev–Trinajstić information content (AvgIpc) is 2.78. The van der Waals surface area contributed by atoms with Crippen LogP contribution in [0.2, 0.25) is 0 Å². The van der Waals surface area contributed by atoms with E-state index in [0.29, 0.717) is 5.13 Å². The molecular weight excluding hydrogens is 248 g/mol. The van der Waals surface area contributed by atoms with Crippen LogP contribution < -0.4 is 10.6 Å². The van der Waals surface area contributed by atoms with Crippen molar-refractivity contribution in [3.8, 4) is 0 Å². The first-order valence-corrected chi connectivity index (χ1v) is 6.55. The summed E-state index contributed by atoms with van der Waals surface area (Å²) >= 11 is 1.40. The Bertz CT molecular complexity index is 512. The zero-order chi connectivity index (χ0) is 12.8. The van der Waals surface area contributed by atoms with Crippen LogP contribution >= 0.6 is 11.3 Å². The number of nitrogens with zero attached hydrogens (tertiary/aromatic N) is 2. The highest BCUT2D eigenvalue weighted by Crippen LogP contribution is 2.16. The van der Waals surface area contributed by atoms with E-state index < -0.39 is 0 Å². The van der Waals surface area contributed by atoms with E-state index in [1.54, 1.807) is 0 Å². The smallest absolute Gasteiger partial charge is 0.308 e. The predicted octanol–water partition coefficient (Wildman–Crippen LogP) is 3.13. The van der Waals surface area contributed by atoms with Gasteiger partial charge in [-0.3, -0.25) is 5.32 Å². The second-order valence-corrected chi connectivity index (χ2v) is 4.76. The summed E-state index contributed by atoms with van der Waals surface area (Å²) in [7, 11) is 0. The van der Waals surface area contributed by atoms with Gasteiger partial charge in [0.25, 0.3) is 0 Å². The number of amides is 2. The van der Waals surface area contributed by atoms with Gasteiger partial charge in [-0.2, -0.15) is 0 Å². The molecule has 0 aliphatic carbocycles. The summed E-state index contributed by atoms with van der Waals surface area (Å²) in [5.41, 5.74) is 0.744. The second-order valence-electron chi connectivity index (χ2n) is 3.70. The minimum absolute atomic E-state index is 0.305. The van der Waals surface area contributed by atoms with Gasteiger partial charge in [-0.1, -0.05) is 36.5 Å². The molecule has 2 rings (SSSR count). The third kappa shape index (κ3) is 3.53. The molecule has 0 aliphatic heterocycles. The number of carbonyl (C=O) groups excluding carboxylic acids is 1. The molecule has 1 heterocycles. The zero-order valence-electron chi connectivity index (χ0n) is 10.0. The van der Waals surface area contributed by atoms with Gasteiger partial charge in [0.15, 0.2) is 0 Å². The normalized spacial score (nSPS) is 10.1. The van der Waals surface area contributed by atoms with Crippen LogP contribution in [-0.2, 0) is 6.42 Å². The number of nitrogens with one attached hydrogen (secondary N) is 2. The minimum Gasteiger partial charge on any atom is -0.308 e. The van der Waals surface area contributed by atoms with Gasteiger partial charge >= 0.3 is 6.03 Å². The summed E-state index contributed by atoms with van der Waals surface area (Å²) in [6.45, 7) is 2.08. The molecule has 0 saturated carbocycles. The predicted molar refractivity (Wildman–Crippen MR) is 73.0 cm³/mol. The van der Waals surface area contributed by atoms with Crippen LogP contribution in [0, 0.1) is 0 Å². The highest BCUT2D eigenvalue weighted by Gasteiger charge is 2.07. The Morgan fingerprint density at radius 1 is 1.22 bits per heavy atom. The van der Waals surface area contributed by atoms with Crippen molar-refractivity contribution >= 4 is 28.2 Å². The zero-order valence-corrected chi connectivity index (χ0v) is 10.8. The van der Waals surface area contributed by atoms with Gasteiger partial charge in [-0.05, 0) is 18.6 Å². The van der Waals surface area contributed by atoms with E-state index in [0.717, 1.165) is 23.5 Å². The molecule has 0 spiro atoms. The van der Waals surface area contributed by atoms with Gasteiger partial charge in [-0.25, -0.2) is 4.79 Å². The lowest BCUT2D eigenvalue weighted by Crippen LogP contribution is -2.19. The summed E-state index contributed by atoms with van der Waals surface area (Å²) in [4.78, 5) is 11.7. The number of aromatic nitrogens is 2. The molecule has 18 heavy (non-hydrogen) atoms. The Kier molecular flexibility index (Phi) is 4.25. The van der Waals surface area contributed by atoms with E-state index in [1.807, 2.05) is 30.3 Å². The maximum Gasteiger partial charge on any atom is 0.325 e. The van der Waals surface area contributed by atoms with Crippen molar-refractivity contribution in [2.75, 3.05) is 10.6 Å². The molecule has 0 bridgehead atoms. The molecule has 6 heteroatoms. The van der Waals surface area contributed by atoms with Gasteiger partial charge < -0.3 is 5.32 Å². The van der Waals surface area contributed by atoms with Crippen molar-refractivity contribution in [2.45, 2.75) is 19.8 Å². The van der Waals surface area contributed by atoms with Crippen molar-refractivity contribution in [1.29, 1.82) is 0 Å². The molecule has 1 aromatic heterocycles. The van der Waals surface area contributed by atoms with Crippen LogP contribution in [0.25, 0.3) is 0 Å². The molecular formula is C12H14N4OS. The molecule has 0 fully saturated rings. The number of hydrogen-bond acceptors (Lipinski definition) is 4. The van der Waals surface area contributed by atoms with Crippen molar-refractivity contribution in [3.63, 3.8) is 0 Å². The highest BCUT2D eigenvalue weighted by atomic mass is 32.1. The van der Waals surface area contributed by atoms with Gasteiger partial charge in [0, 0.05) is 12.1 Å². The van der Waals surface area contributed by atoms with Crippen LogP contribution in [0.4, 0.5) is 15.6 Å². The fourth-order valence-corrected chi connectivity index (χ4v) is 2.24. The van der Waals surface area contributed by atoms with Crippen molar-refractivity contribution in [3.05, 3.63) is 35.3 Å². The minimum atomic E-state index is -0.305. The van der Waals surface area contributed by atoms with Gasteiger partial charge in [-0.15, -0.1) is 10.2 Å². The third-order valence-electron chi connectivity index (χ3n) is 2.18. The summed E-state index contributed by atoms with van der Waals surface area (Å²) in [6, 6.07) is 8.95. The van der Waals surface area contributed by atoms with Crippen molar-refractivity contribution in [1.82, 2.24) is 10.2 Å². The maximum absolute atomic E-state index is 11.7. The first-order chi connectivity index (χ1) is 8.78. The van der Waals surface area contributed by atoms with Crippen LogP contribution in [0.3, 0.4) is 0 Å². The van der Waals surface area contributed by atoms with E-state index in [2.05, 4.69) is 27.8 Å². The Morgan fingerprint density at radius 3 is 2.72 bits per heavy atom.